The minimum absolute atomic E-state index is 0.0692. The minimum atomic E-state index is -1.08. The van der Waals surface area contributed by atoms with Crippen LogP contribution in [0.25, 0.3) is 0 Å². The highest BCUT2D eigenvalue weighted by Crippen LogP contribution is 2.29. The second-order valence-electron chi connectivity index (χ2n) is 8.24. The number of rotatable bonds is 3. The van der Waals surface area contributed by atoms with Crippen molar-refractivity contribution in [2.45, 2.75) is 45.8 Å². The van der Waals surface area contributed by atoms with Crippen LogP contribution in [0.4, 0.5) is 4.79 Å². The zero-order chi connectivity index (χ0) is 19.8. The van der Waals surface area contributed by atoms with E-state index in [1.807, 2.05) is 26.8 Å². The second-order valence-corrected chi connectivity index (χ2v) is 8.24. The van der Waals surface area contributed by atoms with Crippen LogP contribution in [-0.2, 0) is 11.3 Å². The molecule has 0 aliphatic carbocycles. The fourth-order valence-corrected chi connectivity index (χ4v) is 3.68. The number of carbonyl (C=O) groups excluding carboxylic acids is 2. The van der Waals surface area contributed by atoms with Gasteiger partial charge >= 0.3 is 12.1 Å². The topological polar surface area (TPSA) is 87.2 Å². The lowest BCUT2D eigenvalue weighted by atomic mass is 9.96. The molecule has 1 fully saturated rings. The summed E-state index contributed by atoms with van der Waals surface area (Å²) >= 11 is 0. The maximum absolute atomic E-state index is 12.7. The van der Waals surface area contributed by atoms with Crippen molar-refractivity contribution in [3.63, 3.8) is 0 Å². The fourth-order valence-electron chi connectivity index (χ4n) is 3.68. The summed E-state index contributed by atoms with van der Waals surface area (Å²) in [6.45, 7) is 7.78. The smallest absolute Gasteiger partial charge is 0.410 e. The largest absolute Gasteiger partial charge is 0.478 e. The lowest BCUT2D eigenvalue weighted by molar-refractivity contribution is 0.0167. The Bertz CT molecular complexity index is 760. The highest BCUT2D eigenvalue weighted by molar-refractivity contribution is 6.07. The Labute approximate surface area is 158 Å². The third-order valence-corrected chi connectivity index (χ3v) is 4.99. The molecule has 1 saturated heterocycles. The van der Waals surface area contributed by atoms with Crippen LogP contribution in [0.2, 0.25) is 0 Å². The van der Waals surface area contributed by atoms with E-state index in [9.17, 15) is 19.5 Å². The first-order valence-electron chi connectivity index (χ1n) is 9.28. The van der Waals surface area contributed by atoms with Crippen molar-refractivity contribution in [1.29, 1.82) is 0 Å². The third kappa shape index (κ3) is 4.23. The number of amides is 2. The number of piperidine rings is 1. The lowest BCUT2D eigenvalue weighted by Crippen LogP contribution is -2.43. The van der Waals surface area contributed by atoms with Gasteiger partial charge in [-0.25, -0.2) is 9.59 Å². The molecule has 2 aliphatic rings. The molecule has 1 aromatic carbocycles. The van der Waals surface area contributed by atoms with Gasteiger partial charge in [0, 0.05) is 26.2 Å². The molecule has 3 rings (SSSR count). The SMILES string of the molecule is CC(C)(C)OC(=O)N1CCC(CN2Cc3cccc(C(=O)O)c3C2=O)CC1. The molecule has 7 nitrogen and oxygen atoms in total. The zero-order valence-corrected chi connectivity index (χ0v) is 16.0. The van der Waals surface area contributed by atoms with Gasteiger partial charge in [0.15, 0.2) is 0 Å². The van der Waals surface area contributed by atoms with E-state index in [-0.39, 0.29) is 23.5 Å². The normalized spacial score (nSPS) is 17.8. The maximum Gasteiger partial charge on any atom is 0.410 e. The van der Waals surface area contributed by atoms with Crippen LogP contribution in [0.15, 0.2) is 18.2 Å². The van der Waals surface area contributed by atoms with E-state index in [4.69, 9.17) is 4.74 Å². The van der Waals surface area contributed by atoms with E-state index in [1.165, 1.54) is 6.07 Å². The van der Waals surface area contributed by atoms with E-state index in [2.05, 4.69) is 0 Å². The van der Waals surface area contributed by atoms with Gasteiger partial charge < -0.3 is 19.6 Å². The molecular formula is C20H26N2O5. The number of likely N-dealkylation sites (tertiary alicyclic amines) is 1. The Hall–Kier alpha value is -2.57. The number of carboxylic acids is 1. The summed E-state index contributed by atoms with van der Waals surface area (Å²) in [5, 5.41) is 9.32. The summed E-state index contributed by atoms with van der Waals surface area (Å²) in [5.41, 5.74) is 0.644. The molecule has 0 unspecified atom stereocenters. The van der Waals surface area contributed by atoms with E-state index in [0.717, 1.165) is 18.4 Å². The zero-order valence-electron chi connectivity index (χ0n) is 16.0. The minimum Gasteiger partial charge on any atom is -0.478 e. The molecule has 2 aliphatic heterocycles. The summed E-state index contributed by atoms with van der Waals surface area (Å²) in [4.78, 5) is 39.7. The van der Waals surface area contributed by atoms with Crippen molar-refractivity contribution in [2.24, 2.45) is 5.92 Å². The van der Waals surface area contributed by atoms with Crippen LogP contribution in [-0.4, -0.2) is 58.1 Å². The predicted molar refractivity (Wildman–Crippen MR) is 98.7 cm³/mol. The Morgan fingerprint density at radius 3 is 2.48 bits per heavy atom. The molecule has 7 heteroatoms. The van der Waals surface area contributed by atoms with Gasteiger partial charge in [0.1, 0.15) is 5.60 Å². The Kier molecular flexibility index (Phi) is 5.13. The summed E-state index contributed by atoms with van der Waals surface area (Å²) in [7, 11) is 0. The highest BCUT2D eigenvalue weighted by atomic mass is 16.6. The molecule has 1 aromatic rings. The molecule has 0 spiro atoms. The molecule has 1 N–H and O–H groups in total. The molecule has 27 heavy (non-hydrogen) atoms. The lowest BCUT2D eigenvalue weighted by Gasteiger charge is -2.34. The number of nitrogens with zero attached hydrogens (tertiary/aromatic N) is 2. The van der Waals surface area contributed by atoms with Crippen LogP contribution in [0.1, 0.15) is 59.9 Å². The number of benzene rings is 1. The van der Waals surface area contributed by atoms with Crippen LogP contribution in [0.5, 0.6) is 0 Å². The Balaban J connectivity index is 1.58. The van der Waals surface area contributed by atoms with Gasteiger partial charge in [0.05, 0.1) is 11.1 Å². The molecule has 146 valence electrons. The van der Waals surface area contributed by atoms with Gasteiger partial charge in [-0.15, -0.1) is 0 Å². The number of fused-ring (bicyclic) bond motifs is 1. The molecular weight excluding hydrogens is 348 g/mol. The quantitative estimate of drug-likeness (QED) is 0.879. The van der Waals surface area contributed by atoms with E-state index >= 15 is 0 Å². The molecule has 0 aromatic heterocycles. The van der Waals surface area contributed by atoms with Crippen molar-refractivity contribution in [3.05, 3.63) is 34.9 Å². The Morgan fingerprint density at radius 2 is 1.89 bits per heavy atom. The van der Waals surface area contributed by atoms with E-state index in [1.54, 1.807) is 15.9 Å². The van der Waals surface area contributed by atoms with Gasteiger partial charge in [0.25, 0.3) is 5.91 Å². The molecule has 0 atom stereocenters. The molecule has 0 saturated carbocycles. The average Bonchev–Trinajstić information content (AvgIpc) is 2.90. The van der Waals surface area contributed by atoms with Gasteiger partial charge in [-0.2, -0.15) is 0 Å². The number of carbonyl (C=O) groups is 3. The van der Waals surface area contributed by atoms with Gasteiger partial charge in [-0.05, 0) is 51.2 Å². The standard InChI is InChI=1S/C20H26N2O5/c1-20(2,3)27-19(26)21-9-7-13(8-10-21)11-22-12-14-5-4-6-15(18(24)25)16(14)17(22)23/h4-6,13H,7-12H2,1-3H3,(H,24,25). The van der Waals surface area contributed by atoms with Crippen LogP contribution in [0.3, 0.4) is 0 Å². The number of hydrogen-bond acceptors (Lipinski definition) is 4. The van der Waals surface area contributed by atoms with Gasteiger partial charge in [-0.3, -0.25) is 4.79 Å². The summed E-state index contributed by atoms with van der Waals surface area (Å²) in [5.74, 6) is -1.000. The van der Waals surface area contributed by atoms with Crippen LogP contribution >= 0.6 is 0 Å². The highest BCUT2D eigenvalue weighted by Gasteiger charge is 2.34. The van der Waals surface area contributed by atoms with Crippen LogP contribution in [0, 0.1) is 5.92 Å². The number of hydrogen-bond donors (Lipinski definition) is 1. The summed E-state index contributed by atoms with van der Waals surface area (Å²) < 4.78 is 5.41. The molecule has 0 bridgehead atoms. The van der Waals surface area contributed by atoms with Crippen molar-refractivity contribution < 1.29 is 24.2 Å². The summed E-state index contributed by atoms with van der Waals surface area (Å²) in [6, 6.07) is 4.96. The molecule has 0 radical (unpaired) electrons. The predicted octanol–water partition coefficient (Wildman–Crippen LogP) is 2.99. The first-order chi connectivity index (χ1) is 12.7. The first kappa shape index (κ1) is 19.2. The Morgan fingerprint density at radius 1 is 1.22 bits per heavy atom. The maximum atomic E-state index is 12.7. The van der Waals surface area contributed by atoms with Crippen molar-refractivity contribution in [2.75, 3.05) is 19.6 Å². The number of ether oxygens (including phenoxy) is 1. The van der Waals surface area contributed by atoms with Gasteiger partial charge in [-0.1, -0.05) is 12.1 Å². The molecule has 2 heterocycles. The number of carboxylic acid groups (broad SMARTS) is 1. The fraction of sp³-hybridized carbons (Fsp3) is 0.550. The van der Waals surface area contributed by atoms with E-state index < -0.39 is 11.6 Å². The second kappa shape index (κ2) is 7.21. The molecule has 2 amide bonds. The number of aromatic carboxylic acids is 1. The first-order valence-corrected chi connectivity index (χ1v) is 9.28. The van der Waals surface area contributed by atoms with E-state index in [0.29, 0.717) is 31.7 Å². The summed E-state index contributed by atoms with van der Waals surface area (Å²) in [6.07, 6.45) is 1.30. The average molecular weight is 374 g/mol. The van der Waals surface area contributed by atoms with Crippen molar-refractivity contribution in [1.82, 2.24) is 9.80 Å². The van der Waals surface area contributed by atoms with Gasteiger partial charge in [0.2, 0.25) is 0 Å². The van der Waals surface area contributed by atoms with Crippen molar-refractivity contribution in [3.8, 4) is 0 Å². The third-order valence-electron chi connectivity index (χ3n) is 4.99. The van der Waals surface area contributed by atoms with Crippen molar-refractivity contribution >= 4 is 18.0 Å². The van der Waals surface area contributed by atoms with Crippen LogP contribution < -0.4 is 0 Å². The monoisotopic (exact) mass is 374 g/mol.